The van der Waals surface area contributed by atoms with Gasteiger partial charge in [-0.3, -0.25) is 9.59 Å². The Morgan fingerprint density at radius 2 is 1.88 bits per heavy atom. The number of hydrogen-bond donors (Lipinski definition) is 0. The smallest absolute Gasteiger partial charge is 0.305 e. The molecule has 0 aromatic rings. The Morgan fingerprint density at radius 3 is 2.58 bits per heavy atom. The summed E-state index contributed by atoms with van der Waals surface area (Å²) in [7, 11) is 0. The first kappa shape index (κ1) is 21.6. The summed E-state index contributed by atoms with van der Waals surface area (Å²) in [6.07, 6.45) is 10.6. The highest BCUT2D eigenvalue weighted by molar-refractivity contribution is 14.1. The molecule has 2 atom stereocenters. The first-order chi connectivity index (χ1) is 11.6. The molecule has 0 fully saturated rings. The SMILES string of the molecule is CCCCCCC[C@H]1C(=O)C=C(I)[C@@H]1OCCCCC(=O)OCC. The number of allylic oxidation sites excluding steroid dienone is 1. The standard InChI is InChI=1S/C19H31IO4/c1-3-5-6-7-8-11-15-17(21)14-16(20)19(15)24-13-10-9-12-18(22)23-4-2/h14-15,19H,3-13H2,1-2H3/t15-,19+/m0/s1. The zero-order valence-corrected chi connectivity index (χ0v) is 17.2. The summed E-state index contributed by atoms with van der Waals surface area (Å²) in [5.41, 5.74) is 0. The summed E-state index contributed by atoms with van der Waals surface area (Å²) in [5, 5.41) is 0. The van der Waals surface area contributed by atoms with Gasteiger partial charge in [-0.1, -0.05) is 39.0 Å². The monoisotopic (exact) mass is 450 g/mol. The van der Waals surface area contributed by atoms with Crippen LogP contribution in [-0.4, -0.2) is 31.1 Å². The maximum absolute atomic E-state index is 12.1. The van der Waals surface area contributed by atoms with E-state index >= 15 is 0 Å². The molecule has 0 radical (unpaired) electrons. The van der Waals surface area contributed by atoms with Crippen molar-refractivity contribution in [1.82, 2.24) is 0 Å². The molecule has 0 saturated carbocycles. The summed E-state index contributed by atoms with van der Waals surface area (Å²) in [6, 6.07) is 0. The van der Waals surface area contributed by atoms with E-state index < -0.39 is 0 Å². The highest BCUT2D eigenvalue weighted by Crippen LogP contribution is 2.33. The minimum Gasteiger partial charge on any atom is -0.466 e. The highest BCUT2D eigenvalue weighted by Gasteiger charge is 2.35. The fraction of sp³-hybridized carbons (Fsp3) is 0.789. The molecule has 0 saturated heterocycles. The van der Waals surface area contributed by atoms with Crippen LogP contribution < -0.4 is 0 Å². The Morgan fingerprint density at radius 1 is 1.12 bits per heavy atom. The van der Waals surface area contributed by atoms with Crippen molar-refractivity contribution >= 4 is 34.3 Å². The Labute approximate surface area is 159 Å². The molecule has 0 spiro atoms. The lowest BCUT2D eigenvalue weighted by Crippen LogP contribution is -2.25. The minimum absolute atomic E-state index is 0.0106. The largest absolute Gasteiger partial charge is 0.466 e. The molecule has 0 bridgehead atoms. The molecule has 5 heteroatoms. The lowest BCUT2D eigenvalue weighted by Gasteiger charge is -2.20. The summed E-state index contributed by atoms with van der Waals surface area (Å²) >= 11 is 2.22. The van der Waals surface area contributed by atoms with Crippen LogP contribution in [0.2, 0.25) is 0 Å². The van der Waals surface area contributed by atoms with Crippen LogP contribution >= 0.6 is 22.6 Å². The first-order valence-electron chi connectivity index (χ1n) is 9.28. The number of halogens is 1. The molecule has 24 heavy (non-hydrogen) atoms. The molecule has 0 heterocycles. The van der Waals surface area contributed by atoms with Crippen LogP contribution in [0.25, 0.3) is 0 Å². The van der Waals surface area contributed by atoms with E-state index in [0.29, 0.717) is 19.6 Å². The second-order valence-electron chi connectivity index (χ2n) is 6.29. The zero-order valence-electron chi connectivity index (χ0n) is 15.0. The zero-order chi connectivity index (χ0) is 17.8. The topological polar surface area (TPSA) is 52.6 Å². The van der Waals surface area contributed by atoms with Gasteiger partial charge in [0.05, 0.1) is 18.6 Å². The minimum atomic E-state index is -0.145. The van der Waals surface area contributed by atoms with Gasteiger partial charge in [0.2, 0.25) is 0 Å². The fourth-order valence-corrected chi connectivity index (χ4v) is 3.86. The number of ether oxygens (including phenoxy) is 2. The number of ketones is 1. The van der Waals surface area contributed by atoms with Crippen LogP contribution in [0.5, 0.6) is 0 Å². The summed E-state index contributed by atoms with van der Waals surface area (Å²) < 4.78 is 11.9. The Kier molecular flexibility index (Phi) is 11.6. The maximum Gasteiger partial charge on any atom is 0.305 e. The molecule has 0 aliphatic heterocycles. The van der Waals surface area contributed by atoms with Crippen molar-refractivity contribution in [3.8, 4) is 0 Å². The van der Waals surface area contributed by atoms with Gasteiger partial charge in [0.1, 0.15) is 0 Å². The average molecular weight is 450 g/mol. The molecule has 4 nitrogen and oxygen atoms in total. The van der Waals surface area contributed by atoms with Gasteiger partial charge in [-0.25, -0.2) is 0 Å². The van der Waals surface area contributed by atoms with Gasteiger partial charge in [0.25, 0.3) is 0 Å². The normalized spacial score (nSPS) is 20.3. The molecule has 0 unspecified atom stereocenters. The third-order valence-electron chi connectivity index (χ3n) is 4.28. The summed E-state index contributed by atoms with van der Waals surface area (Å²) in [5.74, 6) is 0.0583. The Balaban J connectivity index is 2.26. The molecular formula is C19H31IO4. The summed E-state index contributed by atoms with van der Waals surface area (Å²) in [6.45, 7) is 5.04. The second-order valence-corrected chi connectivity index (χ2v) is 7.54. The van der Waals surface area contributed by atoms with Gasteiger partial charge in [-0.05, 0) is 54.9 Å². The molecule has 0 aromatic carbocycles. The van der Waals surface area contributed by atoms with E-state index in [1.165, 1.54) is 25.7 Å². The molecular weight excluding hydrogens is 419 g/mol. The molecule has 1 rings (SSSR count). The quantitative estimate of drug-likeness (QED) is 0.226. The van der Waals surface area contributed by atoms with Crippen LogP contribution in [0, 0.1) is 5.92 Å². The van der Waals surface area contributed by atoms with Crippen LogP contribution in [0.3, 0.4) is 0 Å². The fourth-order valence-electron chi connectivity index (χ4n) is 2.94. The third-order valence-corrected chi connectivity index (χ3v) is 5.20. The molecule has 1 aliphatic carbocycles. The lowest BCUT2D eigenvalue weighted by atomic mass is 9.95. The first-order valence-corrected chi connectivity index (χ1v) is 10.4. The van der Waals surface area contributed by atoms with Gasteiger partial charge in [0.15, 0.2) is 5.78 Å². The van der Waals surface area contributed by atoms with Crippen LogP contribution in [0.15, 0.2) is 9.66 Å². The van der Waals surface area contributed by atoms with Crippen molar-refractivity contribution in [2.24, 2.45) is 5.92 Å². The number of rotatable bonds is 13. The number of carbonyl (C=O) groups excluding carboxylic acids is 2. The van der Waals surface area contributed by atoms with Gasteiger partial charge < -0.3 is 9.47 Å². The van der Waals surface area contributed by atoms with Gasteiger partial charge in [-0.15, -0.1) is 0 Å². The van der Waals surface area contributed by atoms with Crippen molar-refractivity contribution in [2.45, 2.75) is 77.7 Å². The van der Waals surface area contributed by atoms with E-state index in [2.05, 4.69) is 29.5 Å². The van der Waals surface area contributed by atoms with Crippen LogP contribution in [0.1, 0.15) is 71.6 Å². The molecule has 1 aliphatic rings. The maximum atomic E-state index is 12.1. The van der Waals surface area contributed by atoms with Gasteiger partial charge in [-0.2, -0.15) is 0 Å². The van der Waals surface area contributed by atoms with E-state index in [4.69, 9.17) is 9.47 Å². The number of hydrogen-bond acceptors (Lipinski definition) is 4. The van der Waals surface area contributed by atoms with Crippen LogP contribution in [-0.2, 0) is 19.1 Å². The Hall–Kier alpha value is -0.430. The van der Waals surface area contributed by atoms with E-state index in [9.17, 15) is 9.59 Å². The predicted molar refractivity (Wildman–Crippen MR) is 104 cm³/mol. The van der Waals surface area contributed by atoms with Crippen molar-refractivity contribution in [2.75, 3.05) is 13.2 Å². The number of carbonyl (C=O) groups is 2. The number of unbranched alkanes of at least 4 members (excludes halogenated alkanes) is 5. The number of esters is 1. The van der Waals surface area contributed by atoms with E-state index in [-0.39, 0.29) is 23.8 Å². The van der Waals surface area contributed by atoms with Crippen molar-refractivity contribution < 1.29 is 19.1 Å². The Bertz CT molecular complexity index is 420. The molecule has 0 amide bonds. The van der Waals surface area contributed by atoms with Gasteiger partial charge >= 0.3 is 5.97 Å². The van der Waals surface area contributed by atoms with E-state index in [0.717, 1.165) is 29.3 Å². The van der Waals surface area contributed by atoms with Gasteiger partial charge in [0, 0.05) is 16.6 Å². The van der Waals surface area contributed by atoms with E-state index in [1.54, 1.807) is 6.08 Å². The summed E-state index contributed by atoms with van der Waals surface area (Å²) in [4.78, 5) is 23.4. The second kappa shape index (κ2) is 12.9. The van der Waals surface area contributed by atoms with Crippen LogP contribution in [0.4, 0.5) is 0 Å². The highest BCUT2D eigenvalue weighted by atomic mass is 127. The molecule has 138 valence electrons. The lowest BCUT2D eigenvalue weighted by molar-refractivity contribution is -0.143. The van der Waals surface area contributed by atoms with Crippen molar-refractivity contribution in [1.29, 1.82) is 0 Å². The third kappa shape index (κ3) is 8.10. The molecule has 0 N–H and O–H groups in total. The van der Waals surface area contributed by atoms with Crippen molar-refractivity contribution in [3.63, 3.8) is 0 Å². The predicted octanol–water partition coefficient (Wildman–Crippen LogP) is 4.98. The average Bonchev–Trinajstić information content (AvgIpc) is 2.81. The van der Waals surface area contributed by atoms with E-state index in [1.807, 2.05) is 6.92 Å². The molecule has 0 aromatic heterocycles. The van der Waals surface area contributed by atoms with Crippen molar-refractivity contribution in [3.05, 3.63) is 9.66 Å².